The van der Waals surface area contributed by atoms with Crippen LogP contribution in [0.4, 0.5) is 4.79 Å². The molecule has 2 heterocycles. The van der Waals surface area contributed by atoms with Gasteiger partial charge in [-0.25, -0.2) is 4.79 Å². The quantitative estimate of drug-likeness (QED) is 0.779. The third-order valence-electron chi connectivity index (χ3n) is 4.11. The van der Waals surface area contributed by atoms with Crippen molar-refractivity contribution in [3.63, 3.8) is 0 Å². The summed E-state index contributed by atoms with van der Waals surface area (Å²) in [5.74, 6) is 0.890. The molecule has 6 heteroatoms. The van der Waals surface area contributed by atoms with E-state index in [-0.39, 0.29) is 18.6 Å². The number of urea groups is 1. The summed E-state index contributed by atoms with van der Waals surface area (Å²) in [7, 11) is 0. The van der Waals surface area contributed by atoms with E-state index in [1.807, 2.05) is 18.2 Å². The highest BCUT2D eigenvalue weighted by Gasteiger charge is 2.18. The molecular formula is C16H22N2O4. The molecule has 0 unspecified atom stereocenters. The topological polar surface area (TPSA) is 79.8 Å². The van der Waals surface area contributed by atoms with Crippen LogP contribution in [0.1, 0.15) is 30.1 Å². The van der Waals surface area contributed by atoms with Gasteiger partial charge < -0.3 is 25.2 Å². The number of hydrogen-bond donors (Lipinski definition) is 3. The van der Waals surface area contributed by atoms with E-state index in [1.165, 1.54) is 0 Å². The number of fused-ring (bicyclic) bond motifs is 1. The van der Waals surface area contributed by atoms with Crippen molar-refractivity contribution in [3.05, 3.63) is 29.3 Å². The standard InChI is InChI=1S/C16H22N2O4/c19-14(11-1-2-15-12(9-11)3-8-22-15)10-17-16(20)18-13-4-6-21-7-5-13/h1-2,9,13-14,19H,3-8,10H2,(H2,17,18,20)/t14-/m0/s1. The molecule has 1 saturated heterocycles. The highest BCUT2D eigenvalue weighted by atomic mass is 16.5. The number of aliphatic hydroxyl groups excluding tert-OH is 1. The average molecular weight is 306 g/mol. The maximum Gasteiger partial charge on any atom is 0.315 e. The monoisotopic (exact) mass is 306 g/mol. The van der Waals surface area contributed by atoms with Crippen molar-refractivity contribution in [2.75, 3.05) is 26.4 Å². The van der Waals surface area contributed by atoms with Crippen LogP contribution in [0, 0.1) is 0 Å². The van der Waals surface area contributed by atoms with E-state index in [0.717, 1.165) is 36.1 Å². The minimum atomic E-state index is -0.716. The number of aliphatic hydroxyl groups is 1. The highest BCUT2D eigenvalue weighted by molar-refractivity contribution is 5.74. The summed E-state index contributed by atoms with van der Waals surface area (Å²) < 4.78 is 10.7. The summed E-state index contributed by atoms with van der Waals surface area (Å²) in [6.45, 7) is 2.25. The van der Waals surface area contributed by atoms with Gasteiger partial charge in [0.15, 0.2) is 0 Å². The molecule has 120 valence electrons. The van der Waals surface area contributed by atoms with Crippen LogP contribution in [-0.4, -0.2) is 43.5 Å². The number of ether oxygens (including phenoxy) is 2. The van der Waals surface area contributed by atoms with E-state index in [2.05, 4.69) is 10.6 Å². The summed E-state index contributed by atoms with van der Waals surface area (Å²) in [6.07, 6.45) is 1.82. The normalized spacial score (nSPS) is 19.1. The van der Waals surface area contributed by atoms with Gasteiger partial charge in [0.2, 0.25) is 0 Å². The minimum Gasteiger partial charge on any atom is -0.493 e. The number of rotatable bonds is 4. The molecule has 2 aliphatic heterocycles. The molecule has 0 aromatic heterocycles. The molecule has 0 spiro atoms. The Labute approximate surface area is 129 Å². The first-order valence-corrected chi connectivity index (χ1v) is 7.78. The van der Waals surface area contributed by atoms with E-state index in [4.69, 9.17) is 9.47 Å². The minimum absolute atomic E-state index is 0.156. The largest absolute Gasteiger partial charge is 0.493 e. The van der Waals surface area contributed by atoms with Gasteiger partial charge in [0.05, 0.1) is 12.7 Å². The molecule has 3 rings (SSSR count). The third-order valence-corrected chi connectivity index (χ3v) is 4.11. The Kier molecular flexibility index (Phi) is 4.80. The van der Waals surface area contributed by atoms with Gasteiger partial charge in [-0.15, -0.1) is 0 Å². The summed E-state index contributed by atoms with van der Waals surface area (Å²) in [5, 5.41) is 15.8. The molecule has 0 aliphatic carbocycles. The molecule has 1 aromatic rings. The van der Waals surface area contributed by atoms with Crippen molar-refractivity contribution in [2.24, 2.45) is 0 Å². The van der Waals surface area contributed by atoms with Crippen LogP contribution in [0.2, 0.25) is 0 Å². The van der Waals surface area contributed by atoms with E-state index in [1.54, 1.807) is 0 Å². The zero-order valence-electron chi connectivity index (χ0n) is 12.5. The highest BCUT2D eigenvalue weighted by Crippen LogP contribution is 2.27. The molecule has 2 amide bonds. The first-order chi connectivity index (χ1) is 10.7. The van der Waals surface area contributed by atoms with Gasteiger partial charge in [-0.2, -0.15) is 0 Å². The predicted molar refractivity (Wildman–Crippen MR) is 81.0 cm³/mol. The molecule has 0 bridgehead atoms. The van der Waals surface area contributed by atoms with Gasteiger partial charge >= 0.3 is 6.03 Å². The lowest BCUT2D eigenvalue weighted by molar-refractivity contribution is 0.0798. The van der Waals surface area contributed by atoms with E-state index >= 15 is 0 Å². The molecule has 22 heavy (non-hydrogen) atoms. The Hall–Kier alpha value is -1.79. The summed E-state index contributed by atoms with van der Waals surface area (Å²) in [4.78, 5) is 11.8. The third kappa shape index (κ3) is 3.69. The van der Waals surface area contributed by atoms with Crippen molar-refractivity contribution in [2.45, 2.75) is 31.4 Å². The van der Waals surface area contributed by atoms with Crippen LogP contribution < -0.4 is 15.4 Å². The van der Waals surface area contributed by atoms with Gasteiger partial charge in [-0.1, -0.05) is 6.07 Å². The fourth-order valence-electron chi connectivity index (χ4n) is 2.80. The van der Waals surface area contributed by atoms with Crippen LogP contribution in [0.5, 0.6) is 5.75 Å². The Morgan fingerprint density at radius 3 is 2.95 bits per heavy atom. The van der Waals surface area contributed by atoms with Crippen molar-refractivity contribution >= 4 is 6.03 Å². The van der Waals surface area contributed by atoms with Crippen molar-refractivity contribution < 1.29 is 19.4 Å². The number of nitrogens with one attached hydrogen (secondary N) is 2. The maximum atomic E-state index is 11.8. The summed E-state index contributed by atoms with van der Waals surface area (Å²) in [6, 6.07) is 5.58. The number of benzene rings is 1. The predicted octanol–water partition coefficient (Wildman–Crippen LogP) is 1.13. The number of hydrogen-bond acceptors (Lipinski definition) is 4. The van der Waals surface area contributed by atoms with Crippen LogP contribution in [-0.2, 0) is 11.2 Å². The Balaban J connectivity index is 1.47. The fraction of sp³-hybridized carbons (Fsp3) is 0.562. The lowest BCUT2D eigenvalue weighted by Crippen LogP contribution is -2.45. The Morgan fingerprint density at radius 2 is 2.14 bits per heavy atom. The molecule has 1 atom stereocenters. The average Bonchev–Trinajstić information content (AvgIpc) is 3.01. The van der Waals surface area contributed by atoms with E-state index in [0.29, 0.717) is 19.8 Å². The first-order valence-electron chi connectivity index (χ1n) is 7.78. The fourth-order valence-corrected chi connectivity index (χ4v) is 2.80. The molecule has 0 saturated carbocycles. The van der Waals surface area contributed by atoms with Gasteiger partial charge in [0, 0.05) is 32.2 Å². The van der Waals surface area contributed by atoms with E-state index < -0.39 is 6.10 Å². The number of carbonyl (C=O) groups excluding carboxylic acids is 1. The van der Waals surface area contributed by atoms with Gasteiger partial charge in [-0.3, -0.25) is 0 Å². The molecule has 1 aromatic carbocycles. The van der Waals surface area contributed by atoms with Crippen molar-refractivity contribution in [1.82, 2.24) is 10.6 Å². The molecule has 6 nitrogen and oxygen atoms in total. The Morgan fingerprint density at radius 1 is 1.32 bits per heavy atom. The van der Waals surface area contributed by atoms with Crippen LogP contribution in [0.15, 0.2) is 18.2 Å². The second-order valence-electron chi connectivity index (χ2n) is 5.72. The summed E-state index contributed by atoms with van der Waals surface area (Å²) >= 11 is 0. The van der Waals surface area contributed by atoms with Crippen molar-refractivity contribution in [1.29, 1.82) is 0 Å². The smallest absolute Gasteiger partial charge is 0.315 e. The zero-order chi connectivity index (χ0) is 15.4. The van der Waals surface area contributed by atoms with Crippen LogP contribution >= 0.6 is 0 Å². The maximum absolute atomic E-state index is 11.8. The summed E-state index contributed by atoms with van der Waals surface area (Å²) in [5.41, 5.74) is 1.92. The second-order valence-corrected chi connectivity index (χ2v) is 5.72. The molecule has 2 aliphatic rings. The second kappa shape index (κ2) is 6.98. The van der Waals surface area contributed by atoms with Crippen molar-refractivity contribution in [3.8, 4) is 5.75 Å². The molecule has 1 fully saturated rings. The lowest BCUT2D eigenvalue weighted by atomic mass is 10.0. The first kappa shape index (κ1) is 15.1. The van der Waals surface area contributed by atoms with Gasteiger partial charge in [0.25, 0.3) is 0 Å². The molecule has 3 N–H and O–H groups in total. The van der Waals surface area contributed by atoms with Gasteiger partial charge in [0.1, 0.15) is 5.75 Å². The van der Waals surface area contributed by atoms with E-state index in [9.17, 15) is 9.90 Å². The number of amides is 2. The zero-order valence-corrected chi connectivity index (χ0v) is 12.5. The molecule has 0 radical (unpaired) electrons. The molecular weight excluding hydrogens is 284 g/mol. The SMILES string of the molecule is O=C(NC[C@H](O)c1ccc2c(c1)CCO2)NC1CCOCC1. The Bertz CT molecular complexity index is 529. The number of carbonyl (C=O) groups is 1. The van der Waals surface area contributed by atoms with Crippen LogP contribution in [0.25, 0.3) is 0 Å². The van der Waals surface area contributed by atoms with Crippen LogP contribution in [0.3, 0.4) is 0 Å². The van der Waals surface area contributed by atoms with Gasteiger partial charge in [-0.05, 0) is 36.1 Å². The lowest BCUT2D eigenvalue weighted by Gasteiger charge is -2.23.